The highest BCUT2D eigenvalue weighted by Crippen LogP contribution is 2.36. The van der Waals surface area contributed by atoms with E-state index in [4.69, 9.17) is 9.47 Å². The number of aliphatic hydroxyl groups is 1. The van der Waals surface area contributed by atoms with Crippen molar-refractivity contribution in [3.63, 3.8) is 0 Å². The molecule has 0 aliphatic carbocycles. The van der Waals surface area contributed by atoms with Gasteiger partial charge in [0.05, 0.1) is 14.2 Å². The molecule has 1 heterocycles. The Morgan fingerprint density at radius 3 is 2.59 bits per heavy atom. The largest absolute Gasteiger partial charge is 0.497 e. The molecule has 3 rings (SSSR count). The minimum atomic E-state index is -0.0200. The second-order valence-corrected chi connectivity index (χ2v) is 7.64. The third kappa shape index (κ3) is 5.02. The van der Waals surface area contributed by atoms with Crippen LogP contribution in [0.4, 0.5) is 0 Å². The number of likely N-dealkylation sites (tertiary alicyclic amines) is 1. The van der Waals surface area contributed by atoms with E-state index in [0.29, 0.717) is 0 Å². The Morgan fingerprint density at radius 1 is 1.07 bits per heavy atom. The summed E-state index contributed by atoms with van der Waals surface area (Å²) in [4.78, 5) is 2.45. The fourth-order valence-corrected chi connectivity index (χ4v) is 4.13. The third-order valence-electron chi connectivity index (χ3n) is 5.75. The third-order valence-corrected chi connectivity index (χ3v) is 5.75. The summed E-state index contributed by atoms with van der Waals surface area (Å²) in [5.74, 6) is 1.67. The van der Waals surface area contributed by atoms with Crippen molar-refractivity contribution >= 4 is 0 Å². The normalized spacial score (nSPS) is 20.4. The molecule has 2 aromatic rings. The number of methoxy groups -OCH3 is 2. The summed E-state index contributed by atoms with van der Waals surface area (Å²) in [5.41, 5.74) is 2.49. The van der Waals surface area contributed by atoms with Gasteiger partial charge in [-0.05, 0) is 43.9 Å². The van der Waals surface area contributed by atoms with Crippen LogP contribution in [0, 0.1) is 5.41 Å². The van der Waals surface area contributed by atoms with E-state index in [-0.39, 0.29) is 12.0 Å². The monoisotopic (exact) mass is 369 g/mol. The Hall–Kier alpha value is -2.04. The summed E-state index contributed by atoms with van der Waals surface area (Å²) in [6.07, 6.45) is 4.24. The van der Waals surface area contributed by atoms with Crippen molar-refractivity contribution in [2.24, 2.45) is 5.41 Å². The number of piperidine rings is 1. The van der Waals surface area contributed by atoms with Gasteiger partial charge in [-0.15, -0.1) is 0 Å². The molecule has 1 N–H and O–H groups in total. The van der Waals surface area contributed by atoms with Crippen molar-refractivity contribution in [3.8, 4) is 11.5 Å². The molecule has 0 amide bonds. The van der Waals surface area contributed by atoms with E-state index >= 15 is 0 Å². The number of rotatable bonds is 8. The molecule has 1 atom stereocenters. The van der Waals surface area contributed by atoms with E-state index in [9.17, 15) is 5.11 Å². The second kappa shape index (κ2) is 9.25. The van der Waals surface area contributed by atoms with E-state index in [1.54, 1.807) is 14.2 Å². The molecule has 0 aromatic heterocycles. The van der Waals surface area contributed by atoms with Crippen LogP contribution in [0.2, 0.25) is 0 Å². The summed E-state index contributed by atoms with van der Waals surface area (Å²) in [6.45, 7) is 3.06. The van der Waals surface area contributed by atoms with Gasteiger partial charge in [0, 0.05) is 36.7 Å². The number of hydrogen-bond donors (Lipinski definition) is 1. The zero-order valence-corrected chi connectivity index (χ0v) is 16.5. The molecule has 4 heteroatoms. The fourth-order valence-electron chi connectivity index (χ4n) is 4.13. The standard InChI is InChI=1S/C23H31NO3/c1-26-21-10-9-20(22(15-21)27-2)16-24-14-6-12-23(17-24,18-25)13-11-19-7-4-3-5-8-19/h3-5,7-10,15,25H,6,11-14,16-18H2,1-2H3. The molecule has 1 aliphatic heterocycles. The smallest absolute Gasteiger partial charge is 0.127 e. The number of nitrogens with zero attached hydrogens (tertiary/aromatic N) is 1. The van der Waals surface area contributed by atoms with E-state index in [2.05, 4.69) is 41.3 Å². The Labute approximate surface area is 162 Å². The van der Waals surface area contributed by atoms with Gasteiger partial charge in [-0.1, -0.05) is 36.4 Å². The second-order valence-electron chi connectivity index (χ2n) is 7.64. The minimum absolute atomic E-state index is 0.0200. The van der Waals surface area contributed by atoms with Crippen molar-refractivity contribution in [1.29, 1.82) is 0 Å². The van der Waals surface area contributed by atoms with Crippen LogP contribution >= 0.6 is 0 Å². The van der Waals surface area contributed by atoms with Gasteiger partial charge in [0.2, 0.25) is 0 Å². The molecule has 27 heavy (non-hydrogen) atoms. The maximum Gasteiger partial charge on any atom is 0.127 e. The molecule has 0 saturated carbocycles. The average Bonchev–Trinajstić information content (AvgIpc) is 2.73. The van der Waals surface area contributed by atoms with Crippen LogP contribution in [0.1, 0.15) is 30.4 Å². The number of ether oxygens (including phenoxy) is 2. The van der Waals surface area contributed by atoms with Gasteiger partial charge >= 0.3 is 0 Å². The van der Waals surface area contributed by atoms with E-state index in [1.807, 2.05) is 12.1 Å². The Bertz CT molecular complexity index is 719. The Morgan fingerprint density at radius 2 is 1.89 bits per heavy atom. The summed E-state index contributed by atoms with van der Waals surface area (Å²) in [7, 11) is 3.37. The van der Waals surface area contributed by atoms with Crippen LogP contribution in [0.5, 0.6) is 11.5 Å². The number of aryl methyl sites for hydroxylation is 1. The molecule has 1 aliphatic rings. The topological polar surface area (TPSA) is 41.9 Å². The predicted molar refractivity (Wildman–Crippen MR) is 108 cm³/mol. The van der Waals surface area contributed by atoms with E-state index < -0.39 is 0 Å². The average molecular weight is 370 g/mol. The maximum absolute atomic E-state index is 10.2. The summed E-state index contributed by atoms with van der Waals surface area (Å²) in [6, 6.07) is 16.6. The van der Waals surface area contributed by atoms with Crippen LogP contribution in [0.15, 0.2) is 48.5 Å². The van der Waals surface area contributed by atoms with Gasteiger partial charge in [0.1, 0.15) is 11.5 Å². The Balaban J connectivity index is 1.67. The highest BCUT2D eigenvalue weighted by molar-refractivity contribution is 5.40. The fraction of sp³-hybridized carbons (Fsp3) is 0.478. The van der Waals surface area contributed by atoms with Gasteiger partial charge in [-0.25, -0.2) is 0 Å². The lowest BCUT2D eigenvalue weighted by Gasteiger charge is -2.42. The SMILES string of the molecule is COc1ccc(CN2CCCC(CO)(CCc3ccccc3)C2)c(OC)c1. The molecule has 0 spiro atoms. The first kappa shape index (κ1) is 19.7. The zero-order chi connectivity index (χ0) is 19.1. The van der Waals surface area contributed by atoms with Gasteiger partial charge in [0.15, 0.2) is 0 Å². The van der Waals surface area contributed by atoms with Crippen molar-refractivity contribution in [3.05, 3.63) is 59.7 Å². The lowest BCUT2D eigenvalue weighted by Crippen LogP contribution is -2.45. The molecule has 1 fully saturated rings. The van der Waals surface area contributed by atoms with Gasteiger partial charge in [-0.2, -0.15) is 0 Å². The molecule has 0 radical (unpaired) electrons. The van der Waals surface area contributed by atoms with Gasteiger partial charge in [0.25, 0.3) is 0 Å². The van der Waals surface area contributed by atoms with Crippen molar-refractivity contribution < 1.29 is 14.6 Å². The number of aliphatic hydroxyl groups excluding tert-OH is 1. The molecule has 146 valence electrons. The molecule has 1 saturated heterocycles. The molecule has 1 unspecified atom stereocenters. The molecular formula is C23H31NO3. The van der Waals surface area contributed by atoms with Gasteiger partial charge < -0.3 is 14.6 Å². The molecule has 0 bridgehead atoms. The van der Waals surface area contributed by atoms with Crippen molar-refractivity contribution in [2.45, 2.75) is 32.2 Å². The minimum Gasteiger partial charge on any atom is -0.497 e. The predicted octanol–water partition coefficient (Wildman–Crippen LogP) is 3.91. The first-order valence-electron chi connectivity index (χ1n) is 9.76. The van der Waals surface area contributed by atoms with Gasteiger partial charge in [-0.3, -0.25) is 4.90 Å². The van der Waals surface area contributed by atoms with Crippen LogP contribution in [0.25, 0.3) is 0 Å². The molecular weight excluding hydrogens is 338 g/mol. The quantitative estimate of drug-likeness (QED) is 0.766. The summed E-state index contributed by atoms with van der Waals surface area (Å²) in [5, 5.41) is 10.2. The number of hydrogen-bond acceptors (Lipinski definition) is 4. The molecule has 2 aromatic carbocycles. The van der Waals surface area contributed by atoms with Crippen LogP contribution in [-0.2, 0) is 13.0 Å². The first-order chi connectivity index (χ1) is 13.2. The van der Waals surface area contributed by atoms with Crippen molar-refractivity contribution in [2.75, 3.05) is 33.9 Å². The summed E-state index contributed by atoms with van der Waals surface area (Å²) < 4.78 is 10.9. The first-order valence-corrected chi connectivity index (χ1v) is 9.76. The lowest BCUT2D eigenvalue weighted by atomic mass is 9.76. The highest BCUT2D eigenvalue weighted by Gasteiger charge is 2.34. The molecule has 4 nitrogen and oxygen atoms in total. The maximum atomic E-state index is 10.2. The van der Waals surface area contributed by atoms with Crippen LogP contribution < -0.4 is 9.47 Å². The summed E-state index contributed by atoms with van der Waals surface area (Å²) >= 11 is 0. The lowest BCUT2D eigenvalue weighted by molar-refractivity contribution is 0.0221. The number of benzene rings is 2. The van der Waals surface area contributed by atoms with E-state index in [1.165, 1.54) is 5.56 Å². The van der Waals surface area contributed by atoms with Crippen molar-refractivity contribution in [1.82, 2.24) is 4.90 Å². The van der Waals surface area contributed by atoms with Crippen LogP contribution in [-0.4, -0.2) is 43.9 Å². The Kier molecular flexibility index (Phi) is 6.75. The van der Waals surface area contributed by atoms with Crippen LogP contribution in [0.3, 0.4) is 0 Å². The highest BCUT2D eigenvalue weighted by atomic mass is 16.5. The zero-order valence-electron chi connectivity index (χ0n) is 16.5. The van der Waals surface area contributed by atoms with E-state index in [0.717, 1.165) is 62.4 Å².